The molecule has 0 spiro atoms. The number of hydrogen-bond donors (Lipinski definition) is 1. The van der Waals surface area contributed by atoms with E-state index in [1.165, 1.54) is 5.56 Å². The van der Waals surface area contributed by atoms with Gasteiger partial charge < -0.3 is 14.4 Å². The second-order valence-electron chi connectivity index (χ2n) is 3.90. The van der Waals surface area contributed by atoms with Gasteiger partial charge in [0.2, 0.25) is 0 Å². The summed E-state index contributed by atoms with van der Waals surface area (Å²) in [6.07, 6.45) is 4.58. The van der Waals surface area contributed by atoms with Crippen molar-refractivity contribution >= 4 is 0 Å². The Morgan fingerprint density at radius 1 is 1.44 bits per heavy atom. The van der Waals surface area contributed by atoms with Gasteiger partial charge in [-0.2, -0.15) is 0 Å². The summed E-state index contributed by atoms with van der Waals surface area (Å²) in [6, 6.07) is 3.65. The van der Waals surface area contributed by atoms with Gasteiger partial charge >= 0.3 is 0 Å². The van der Waals surface area contributed by atoms with Gasteiger partial charge in [-0.15, -0.1) is 0 Å². The maximum Gasteiger partial charge on any atom is 0.160 e. The van der Waals surface area contributed by atoms with Crippen molar-refractivity contribution in [3.8, 4) is 22.8 Å². The van der Waals surface area contributed by atoms with Gasteiger partial charge in [-0.3, -0.25) is 0 Å². The first-order valence-corrected chi connectivity index (χ1v) is 5.20. The lowest BCUT2D eigenvalue weighted by Crippen LogP contribution is -2.09. The first-order valence-electron chi connectivity index (χ1n) is 5.20. The molecule has 16 heavy (non-hydrogen) atoms. The molecule has 0 saturated carbocycles. The summed E-state index contributed by atoms with van der Waals surface area (Å²) in [5, 5.41) is 9.77. The minimum atomic E-state index is 0.177. The Morgan fingerprint density at radius 2 is 2.31 bits per heavy atom. The van der Waals surface area contributed by atoms with Crippen LogP contribution in [-0.4, -0.2) is 21.8 Å². The summed E-state index contributed by atoms with van der Waals surface area (Å²) in [4.78, 5) is 4.13. The van der Waals surface area contributed by atoms with Gasteiger partial charge in [0.25, 0.3) is 0 Å². The molecule has 1 aromatic heterocycles. The third kappa shape index (κ3) is 1.19. The molecule has 1 aromatic carbocycles. The van der Waals surface area contributed by atoms with E-state index in [1.807, 2.05) is 18.6 Å². The largest absolute Gasteiger partial charge is 0.504 e. The standard InChI is InChI=1S/C12H12N2O2/c1-16-12-4-8-2-3-14-7-13-6-10(14)9(8)5-11(12)15/h4-7,15H,2-3H2,1H3. The van der Waals surface area contributed by atoms with E-state index in [-0.39, 0.29) is 5.75 Å². The number of phenolic OH excluding ortho intramolecular Hbond substituents is 1. The molecule has 0 unspecified atom stereocenters. The van der Waals surface area contributed by atoms with E-state index in [2.05, 4.69) is 9.55 Å². The van der Waals surface area contributed by atoms with Gasteiger partial charge in [0.1, 0.15) is 0 Å². The molecule has 0 fully saturated rings. The minimum Gasteiger partial charge on any atom is -0.504 e. The number of phenols is 1. The zero-order chi connectivity index (χ0) is 11.1. The molecule has 1 aliphatic rings. The van der Waals surface area contributed by atoms with Crippen LogP contribution in [0.3, 0.4) is 0 Å². The van der Waals surface area contributed by atoms with Crippen molar-refractivity contribution in [1.29, 1.82) is 0 Å². The van der Waals surface area contributed by atoms with E-state index in [0.717, 1.165) is 24.2 Å². The number of imidazole rings is 1. The molecule has 0 aliphatic carbocycles. The van der Waals surface area contributed by atoms with Crippen molar-refractivity contribution in [1.82, 2.24) is 9.55 Å². The molecule has 0 saturated heterocycles. The second kappa shape index (κ2) is 3.27. The van der Waals surface area contributed by atoms with Gasteiger partial charge in [-0.1, -0.05) is 0 Å². The van der Waals surface area contributed by atoms with Crippen LogP contribution < -0.4 is 4.74 Å². The van der Waals surface area contributed by atoms with E-state index in [9.17, 15) is 5.11 Å². The molecule has 4 heteroatoms. The molecule has 3 rings (SSSR count). The molecule has 2 heterocycles. The number of aromatic nitrogens is 2. The predicted octanol–water partition coefficient (Wildman–Crippen LogP) is 1.82. The smallest absolute Gasteiger partial charge is 0.160 e. The third-order valence-corrected chi connectivity index (χ3v) is 3.01. The Kier molecular flexibility index (Phi) is 1.89. The minimum absolute atomic E-state index is 0.177. The maximum atomic E-state index is 9.77. The number of ether oxygens (including phenoxy) is 1. The highest BCUT2D eigenvalue weighted by Crippen LogP contribution is 2.37. The van der Waals surface area contributed by atoms with Crippen molar-refractivity contribution in [3.05, 3.63) is 30.2 Å². The molecule has 0 atom stereocenters. The molecule has 1 N–H and O–H groups in total. The quantitative estimate of drug-likeness (QED) is 0.791. The van der Waals surface area contributed by atoms with Crippen LogP contribution in [0, 0.1) is 0 Å². The Labute approximate surface area is 93.1 Å². The zero-order valence-electron chi connectivity index (χ0n) is 8.97. The Bertz CT molecular complexity index is 546. The van der Waals surface area contributed by atoms with Crippen LogP contribution in [0.25, 0.3) is 11.3 Å². The maximum absolute atomic E-state index is 9.77. The van der Waals surface area contributed by atoms with E-state index in [1.54, 1.807) is 13.2 Å². The molecular formula is C12H12N2O2. The molecular weight excluding hydrogens is 204 g/mol. The van der Waals surface area contributed by atoms with Crippen molar-refractivity contribution in [2.75, 3.05) is 7.11 Å². The molecule has 1 aliphatic heterocycles. The van der Waals surface area contributed by atoms with Crippen LogP contribution in [0.5, 0.6) is 11.5 Å². The highest BCUT2D eigenvalue weighted by atomic mass is 16.5. The van der Waals surface area contributed by atoms with E-state index in [0.29, 0.717) is 5.75 Å². The van der Waals surface area contributed by atoms with Crippen molar-refractivity contribution in [3.63, 3.8) is 0 Å². The number of benzene rings is 1. The van der Waals surface area contributed by atoms with Crippen molar-refractivity contribution in [2.24, 2.45) is 0 Å². The summed E-state index contributed by atoms with van der Waals surface area (Å²) >= 11 is 0. The van der Waals surface area contributed by atoms with Crippen molar-refractivity contribution in [2.45, 2.75) is 13.0 Å². The van der Waals surface area contributed by atoms with Crippen LogP contribution in [0.15, 0.2) is 24.7 Å². The summed E-state index contributed by atoms with van der Waals surface area (Å²) < 4.78 is 7.20. The van der Waals surface area contributed by atoms with E-state index in [4.69, 9.17) is 4.74 Å². The Balaban J connectivity index is 2.22. The Hall–Kier alpha value is -1.97. The average Bonchev–Trinajstić information content (AvgIpc) is 2.76. The van der Waals surface area contributed by atoms with Gasteiger partial charge in [-0.25, -0.2) is 4.98 Å². The summed E-state index contributed by atoms with van der Waals surface area (Å²) in [5.41, 5.74) is 3.30. The zero-order valence-corrected chi connectivity index (χ0v) is 8.97. The van der Waals surface area contributed by atoms with E-state index < -0.39 is 0 Å². The van der Waals surface area contributed by atoms with Gasteiger partial charge in [0.15, 0.2) is 11.5 Å². The van der Waals surface area contributed by atoms with Gasteiger partial charge in [0, 0.05) is 12.1 Å². The summed E-state index contributed by atoms with van der Waals surface area (Å²) in [7, 11) is 1.56. The van der Waals surface area contributed by atoms with Crippen molar-refractivity contribution < 1.29 is 9.84 Å². The lowest BCUT2D eigenvalue weighted by atomic mass is 9.98. The molecule has 0 bridgehead atoms. The van der Waals surface area contributed by atoms with Crippen LogP contribution in [0.4, 0.5) is 0 Å². The number of fused-ring (bicyclic) bond motifs is 3. The number of methoxy groups -OCH3 is 1. The molecule has 4 nitrogen and oxygen atoms in total. The van der Waals surface area contributed by atoms with Crippen LogP contribution in [-0.2, 0) is 13.0 Å². The number of hydrogen-bond acceptors (Lipinski definition) is 3. The average molecular weight is 216 g/mol. The fourth-order valence-electron chi connectivity index (χ4n) is 2.18. The second-order valence-corrected chi connectivity index (χ2v) is 3.90. The van der Waals surface area contributed by atoms with Gasteiger partial charge in [-0.05, 0) is 24.1 Å². The summed E-state index contributed by atoms with van der Waals surface area (Å²) in [6.45, 7) is 0.927. The topological polar surface area (TPSA) is 47.3 Å². The van der Waals surface area contributed by atoms with Gasteiger partial charge in [0.05, 0.1) is 25.3 Å². The molecule has 0 amide bonds. The fourth-order valence-corrected chi connectivity index (χ4v) is 2.18. The number of nitrogens with zero attached hydrogens (tertiary/aromatic N) is 2. The Morgan fingerprint density at radius 3 is 3.12 bits per heavy atom. The highest BCUT2D eigenvalue weighted by molar-refractivity contribution is 5.69. The monoisotopic (exact) mass is 216 g/mol. The lowest BCUT2D eigenvalue weighted by Gasteiger charge is -2.19. The first kappa shape index (κ1) is 9.27. The normalized spacial score (nSPS) is 13.1. The predicted molar refractivity (Wildman–Crippen MR) is 59.6 cm³/mol. The molecule has 0 radical (unpaired) electrons. The first-order chi connectivity index (χ1) is 7.79. The SMILES string of the molecule is COc1cc2c(cc1O)-c1cncn1CC2. The summed E-state index contributed by atoms with van der Waals surface area (Å²) in [5.74, 6) is 0.711. The number of aromatic hydroxyl groups is 1. The molecule has 82 valence electrons. The van der Waals surface area contributed by atoms with Crippen LogP contribution in [0.1, 0.15) is 5.56 Å². The van der Waals surface area contributed by atoms with Crippen LogP contribution >= 0.6 is 0 Å². The number of aryl methyl sites for hydroxylation is 2. The fraction of sp³-hybridized carbons (Fsp3) is 0.250. The lowest BCUT2D eigenvalue weighted by molar-refractivity contribution is 0.373. The third-order valence-electron chi connectivity index (χ3n) is 3.01. The highest BCUT2D eigenvalue weighted by Gasteiger charge is 2.18. The van der Waals surface area contributed by atoms with Crippen LogP contribution in [0.2, 0.25) is 0 Å². The number of rotatable bonds is 1. The van der Waals surface area contributed by atoms with E-state index >= 15 is 0 Å². The molecule has 2 aromatic rings.